The summed E-state index contributed by atoms with van der Waals surface area (Å²) in [6.45, 7) is 5.14. The summed E-state index contributed by atoms with van der Waals surface area (Å²) < 4.78 is 0. The normalized spacial score (nSPS) is 22.7. The molecule has 114 valence electrons. The number of amides is 2. The van der Waals surface area contributed by atoms with Crippen LogP contribution in [0.25, 0.3) is 0 Å². The van der Waals surface area contributed by atoms with E-state index in [0.29, 0.717) is 31.6 Å². The molecule has 1 N–H and O–H groups in total. The van der Waals surface area contributed by atoms with E-state index in [0.717, 1.165) is 13.0 Å². The highest BCUT2D eigenvalue weighted by molar-refractivity contribution is 6.35. The summed E-state index contributed by atoms with van der Waals surface area (Å²) in [6, 6.07) is 0.345. The molecule has 20 heavy (non-hydrogen) atoms. The fourth-order valence-corrected chi connectivity index (χ4v) is 3.25. The average Bonchev–Trinajstić information content (AvgIpc) is 2.97. The Morgan fingerprint density at radius 1 is 1.20 bits per heavy atom. The maximum absolute atomic E-state index is 12.1. The standard InChI is InChI=1S/C15H27N3O2/c1-3-8-16-13(12-6-4-5-7-12)11-18-10-9-17(2)14(19)15(18)20/h12-13,16H,3-11H2,1-2H3. The fourth-order valence-electron chi connectivity index (χ4n) is 3.25. The van der Waals surface area contributed by atoms with E-state index < -0.39 is 0 Å². The Hall–Kier alpha value is -1.10. The Morgan fingerprint density at radius 3 is 2.55 bits per heavy atom. The van der Waals surface area contributed by atoms with Crippen LogP contribution in [0.5, 0.6) is 0 Å². The van der Waals surface area contributed by atoms with Crippen molar-refractivity contribution >= 4 is 11.8 Å². The quantitative estimate of drug-likeness (QED) is 0.734. The molecule has 0 spiro atoms. The van der Waals surface area contributed by atoms with Gasteiger partial charge in [-0.05, 0) is 31.7 Å². The van der Waals surface area contributed by atoms with Crippen LogP contribution in [0, 0.1) is 5.92 Å². The van der Waals surface area contributed by atoms with E-state index >= 15 is 0 Å². The van der Waals surface area contributed by atoms with Gasteiger partial charge in [-0.1, -0.05) is 19.8 Å². The van der Waals surface area contributed by atoms with Crippen molar-refractivity contribution in [3.8, 4) is 0 Å². The van der Waals surface area contributed by atoms with E-state index in [4.69, 9.17) is 0 Å². The fraction of sp³-hybridized carbons (Fsp3) is 0.867. The number of carbonyl (C=O) groups is 2. The van der Waals surface area contributed by atoms with Crippen molar-refractivity contribution in [1.82, 2.24) is 15.1 Å². The lowest BCUT2D eigenvalue weighted by Gasteiger charge is -2.36. The summed E-state index contributed by atoms with van der Waals surface area (Å²) in [7, 11) is 1.70. The Labute approximate surface area is 121 Å². The van der Waals surface area contributed by atoms with Gasteiger partial charge in [0.25, 0.3) is 0 Å². The van der Waals surface area contributed by atoms with Crippen molar-refractivity contribution in [1.29, 1.82) is 0 Å². The number of hydrogen-bond acceptors (Lipinski definition) is 3. The average molecular weight is 281 g/mol. The van der Waals surface area contributed by atoms with Crippen LogP contribution < -0.4 is 5.32 Å². The zero-order valence-electron chi connectivity index (χ0n) is 12.7. The third-order valence-electron chi connectivity index (χ3n) is 4.56. The van der Waals surface area contributed by atoms with Crippen LogP contribution in [0.2, 0.25) is 0 Å². The molecule has 0 bridgehead atoms. The van der Waals surface area contributed by atoms with Crippen molar-refractivity contribution < 1.29 is 9.59 Å². The van der Waals surface area contributed by atoms with E-state index in [1.54, 1.807) is 11.9 Å². The van der Waals surface area contributed by atoms with Gasteiger partial charge in [0.15, 0.2) is 0 Å². The molecule has 0 radical (unpaired) electrons. The van der Waals surface area contributed by atoms with Gasteiger partial charge in [0.1, 0.15) is 0 Å². The molecule has 2 rings (SSSR count). The molecule has 1 atom stereocenters. The van der Waals surface area contributed by atoms with Crippen LogP contribution in [0.4, 0.5) is 0 Å². The van der Waals surface area contributed by atoms with Crippen molar-refractivity contribution in [2.75, 3.05) is 33.2 Å². The van der Waals surface area contributed by atoms with Crippen molar-refractivity contribution in [2.45, 2.75) is 45.1 Å². The van der Waals surface area contributed by atoms with Crippen LogP contribution in [0.15, 0.2) is 0 Å². The lowest BCUT2D eigenvalue weighted by Crippen LogP contribution is -2.56. The molecule has 2 amide bonds. The lowest BCUT2D eigenvalue weighted by molar-refractivity contribution is -0.155. The van der Waals surface area contributed by atoms with Gasteiger partial charge in [-0.15, -0.1) is 0 Å². The number of piperazine rings is 1. The SMILES string of the molecule is CCCNC(CN1CCN(C)C(=O)C1=O)C1CCCC1. The Bertz CT molecular complexity index is 353. The zero-order chi connectivity index (χ0) is 14.5. The minimum Gasteiger partial charge on any atom is -0.336 e. The van der Waals surface area contributed by atoms with E-state index in [1.807, 2.05) is 0 Å². The van der Waals surface area contributed by atoms with Crippen LogP contribution in [0.3, 0.4) is 0 Å². The monoisotopic (exact) mass is 281 g/mol. The van der Waals surface area contributed by atoms with E-state index in [1.165, 1.54) is 30.6 Å². The molecule has 1 heterocycles. The first kappa shape index (κ1) is 15.3. The molecule has 5 heteroatoms. The predicted octanol–water partition coefficient (Wildman–Crippen LogP) is 0.845. The lowest BCUT2D eigenvalue weighted by atomic mass is 9.97. The molecule has 0 aromatic carbocycles. The highest BCUT2D eigenvalue weighted by Crippen LogP contribution is 2.28. The second-order valence-electron chi connectivity index (χ2n) is 6.08. The van der Waals surface area contributed by atoms with Gasteiger partial charge in [0.2, 0.25) is 0 Å². The van der Waals surface area contributed by atoms with Crippen LogP contribution in [0.1, 0.15) is 39.0 Å². The van der Waals surface area contributed by atoms with E-state index in [-0.39, 0.29) is 11.8 Å². The smallest absolute Gasteiger partial charge is 0.312 e. The molecule has 1 saturated carbocycles. The van der Waals surface area contributed by atoms with Crippen molar-refractivity contribution in [3.05, 3.63) is 0 Å². The zero-order valence-corrected chi connectivity index (χ0v) is 12.7. The number of rotatable bonds is 6. The van der Waals surface area contributed by atoms with Gasteiger partial charge in [-0.2, -0.15) is 0 Å². The summed E-state index contributed by atoms with van der Waals surface area (Å²) in [4.78, 5) is 27.1. The maximum Gasteiger partial charge on any atom is 0.312 e. The predicted molar refractivity (Wildman–Crippen MR) is 78.3 cm³/mol. The Morgan fingerprint density at radius 2 is 1.90 bits per heavy atom. The molecule has 1 aliphatic carbocycles. The van der Waals surface area contributed by atoms with Gasteiger partial charge in [-0.3, -0.25) is 9.59 Å². The molecular formula is C15H27N3O2. The van der Waals surface area contributed by atoms with Crippen LogP contribution in [-0.4, -0.2) is 60.9 Å². The third-order valence-corrected chi connectivity index (χ3v) is 4.56. The molecule has 1 unspecified atom stereocenters. The number of likely N-dealkylation sites (N-methyl/N-ethyl adjacent to an activating group) is 1. The first-order valence-corrected chi connectivity index (χ1v) is 7.91. The van der Waals surface area contributed by atoms with Crippen LogP contribution in [-0.2, 0) is 9.59 Å². The molecule has 2 aliphatic rings. The molecular weight excluding hydrogens is 254 g/mol. The minimum atomic E-state index is -0.364. The van der Waals surface area contributed by atoms with Gasteiger partial charge in [0, 0.05) is 32.7 Å². The summed E-state index contributed by atoms with van der Waals surface area (Å²) >= 11 is 0. The molecule has 5 nitrogen and oxygen atoms in total. The number of nitrogens with one attached hydrogen (secondary N) is 1. The molecule has 1 saturated heterocycles. The van der Waals surface area contributed by atoms with Gasteiger partial charge in [0.05, 0.1) is 0 Å². The highest BCUT2D eigenvalue weighted by Gasteiger charge is 2.34. The summed E-state index contributed by atoms with van der Waals surface area (Å²) in [5.74, 6) is -0.0407. The molecule has 0 aromatic heterocycles. The van der Waals surface area contributed by atoms with E-state index in [2.05, 4.69) is 12.2 Å². The first-order chi connectivity index (χ1) is 9.63. The number of carbonyl (C=O) groups excluding carboxylic acids is 2. The summed E-state index contributed by atoms with van der Waals surface area (Å²) in [5.41, 5.74) is 0. The maximum atomic E-state index is 12.1. The number of nitrogens with zero attached hydrogens (tertiary/aromatic N) is 2. The highest BCUT2D eigenvalue weighted by atomic mass is 16.2. The summed E-state index contributed by atoms with van der Waals surface area (Å²) in [5, 5.41) is 3.59. The van der Waals surface area contributed by atoms with Crippen molar-refractivity contribution in [2.24, 2.45) is 5.92 Å². The molecule has 1 aliphatic heterocycles. The minimum absolute atomic E-state index is 0.333. The molecule has 0 aromatic rings. The van der Waals surface area contributed by atoms with Crippen LogP contribution >= 0.6 is 0 Å². The first-order valence-electron chi connectivity index (χ1n) is 7.91. The Balaban J connectivity index is 1.95. The second kappa shape index (κ2) is 7.07. The Kier molecular flexibility index (Phi) is 5.40. The third kappa shape index (κ3) is 3.51. The topological polar surface area (TPSA) is 52.6 Å². The van der Waals surface area contributed by atoms with Crippen molar-refractivity contribution in [3.63, 3.8) is 0 Å². The largest absolute Gasteiger partial charge is 0.336 e. The second-order valence-corrected chi connectivity index (χ2v) is 6.08. The molecule has 2 fully saturated rings. The summed E-state index contributed by atoms with van der Waals surface area (Å²) in [6.07, 6.45) is 6.18. The van der Waals surface area contributed by atoms with Gasteiger partial charge >= 0.3 is 11.8 Å². The van der Waals surface area contributed by atoms with E-state index in [9.17, 15) is 9.59 Å². The number of hydrogen-bond donors (Lipinski definition) is 1. The van der Waals surface area contributed by atoms with Gasteiger partial charge < -0.3 is 15.1 Å². The van der Waals surface area contributed by atoms with Gasteiger partial charge in [-0.25, -0.2) is 0 Å².